The topological polar surface area (TPSA) is 62.7 Å². The third kappa shape index (κ3) is 4.67. The number of aromatic amines is 1. The average molecular weight is 545 g/mol. The summed E-state index contributed by atoms with van der Waals surface area (Å²) in [5, 5.41) is 9.18. The van der Waals surface area contributed by atoms with Crippen LogP contribution in [-0.2, 0) is 17.6 Å². The van der Waals surface area contributed by atoms with Crippen molar-refractivity contribution in [3.05, 3.63) is 125 Å². The molecular formula is C35H33FN4O. The zero-order chi connectivity index (χ0) is 28.0. The van der Waals surface area contributed by atoms with Gasteiger partial charge in [-0.3, -0.25) is 4.79 Å². The molecule has 0 spiro atoms. The standard InChI is InChI=1S/C35H33FN4O/c1-35-20-25-22-38-40(29-15-13-28(36)14-16-29)33(25)19-27(35)12-11-26(35)18-32(23-7-3-2-4-8-23)39-34(41)17-24-21-37-31-10-6-5-9-30(24)31/h2-10,13-16,19,21-22,26,32,37H,11-12,17-18,20H2,1H3,(H,39,41). The fraction of sp³-hybridized carbons (Fsp3) is 0.257. The molecule has 206 valence electrons. The molecule has 3 atom stereocenters. The molecule has 5 nitrogen and oxygen atoms in total. The van der Waals surface area contributed by atoms with E-state index in [-0.39, 0.29) is 23.2 Å². The van der Waals surface area contributed by atoms with Crippen molar-refractivity contribution in [1.82, 2.24) is 20.1 Å². The summed E-state index contributed by atoms with van der Waals surface area (Å²) in [6.45, 7) is 2.38. The number of rotatable bonds is 7. The summed E-state index contributed by atoms with van der Waals surface area (Å²) >= 11 is 0. The largest absolute Gasteiger partial charge is 0.361 e. The molecule has 2 aliphatic carbocycles. The molecule has 1 fully saturated rings. The summed E-state index contributed by atoms with van der Waals surface area (Å²) in [6.07, 6.45) is 10.4. The second-order valence-corrected chi connectivity index (χ2v) is 11.7. The Morgan fingerprint density at radius 2 is 1.88 bits per heavy atom. The Bertz CT molecular complexity index is 1750. The van der Waals surface area contributed by atoms with Gasteiger partial charge in [-0.25, -0.2) is 9.07 Å². The van der Waals surface area contributed by atoms with E-state index >= 15 is 0 Å². The number of fused-ring (bicyclic) bond motifs is 3. The monoisotopic (exact) mass is 544 g/mol. The number of allylic oxidation sites excluding steroid dienone is 1. The van der Waals surface area contributed by atoms with Crippen LogP contribution in [0.5, 0.6) is 0 Å². The summed E-state index contributed by atoms with van der Waals surface area (Å²) in [5.74, 6) is 0.199. The molecule has 1 amide bonds. The number of hydrogen-bond donors (Lipinski definition) is 2. The molecule has 2 N–H and O–H groups in total. The Labute approximate surface area is 239 Å². The lowest BCUT2D eigenvalue weighted by Crippen LogP contribution is -2.35. The van der Waals surface area contributed by atoms with Crippen LogP contribution in [0.2, 0.25) is 0 Å². The minimum absolute atomic E-state index is 0.00173. The van der Waals surface area contributed by atoms with Crippen LogP contribution in [0.25, 0.3) is 22.7 Å². The van der Waals surface area contributed by atoms with E-state index in [9.17, 15) is 9.18 Å². The molecule has 0 radical (unpaired) electrons. The van der Waals surface area contributed by atoms with Gasteiger partial charge in [0.15, 0.2) is 0 Å². The summed E-state index contributed by atoms with van der Waals surface area (Å²) in [4.78, 5) is 16.7. The maximum atomic E-state index is 13.5. The minimum atomic E-state index is -0.249. The van der Waals surface area contributed by atoms with Crippen molar-refractivity contribution in [2.45, 2.75) is 45.1 Å². The third-order valence-corrected chi connectivity index (χ3v) is 9.31. The normalized spacial score (nSPS) is 20.3. The van der Waals surface area contributed by atoms with Gasteiger partial charge < -0.3 is 10.3 Å². The molecule has 2 aromatic heterocycles. The molecule has 41 heavy (non-hydrogen) atoms. The molecule has 5 aromatic rings. The number of nitrogens with zero attached hydrogens (tertiary/aromatic N) is 2. The number of nitrogens with one attached hydrogen (secondary N) is 2. The molecule has 0 bridgehead atoms. The Morgan fingerprint density at radius 1 is 1.10 bits per heavy atom. The molecule has 0 aliphatic heterocycles. The quantitative estimate of drug-likeness (QED) is 0.225. The number of benzene rings is 3. The van der Waals surface area contributed by atoms with E-state index < -0.39 is 0 Å². The van der Waals surface area contributed by atoms with Crippen LogP contribution in [0, 0.1) is 17.2 Å². The van der Waals surface area contributed by atoms with Gasteiger partial charge in [0.25, 0.3) is 0 Å². The number of H-pyrrole nitrogens is 1. The Morgan fingerprint density at radius 3 is 2.71 bits per heavy atom. The molecule has 0 saturated heterocycles. The van der Waals surface area contributed by atoms with Crippen LogP contribution < -0.4 is 5.32 Å². The van der Waals surface area contributed by atoms with Crippen molar-refractivity contribution >= 4 is 22.9 Å². The van der Waals surface area contributed by atoms with E-state index in [2.05, 4.69) is 46.6 Å². The van der Waals surface area contributed by atoms with Crippen LogP contribution in [0.3, 0.4) is 0 Å². The number of aromatic nitrogens is 3. The van der Waals surface area contributed by atoms with Crippen LogP contribution in [0.1, 0.15) is 54.6 Å². The minimum Gasteiger partial charge on any atom is -0.361 e. The van der Waals surface area contributed by atoms with Gasteiger partial charge in [-0.2, -0.15) is 5.10 Å². The number of carbonyl (C=O) groups excluding carboxylic acids is 1. The first kappa shape index (κ1) is 25.5. The highest BCUT2D eigenvalue weighted by Crippen LogP contribution is 2.55. The predicted molar refractivity (Wildman–Crippen MR) is 160 cm³/mol. The van der Waals surface area contributed by atoms with Crippen LogP contribution in [-0.4, -0.2) is 20.7 Å². The first-order valence-electron chi connectivity index (χ1n) is 14.4. The molecule has 2 aliphatic rings. The van der Waals surface area contributed by atoms with Gasteiger partial charge in [0.2, 0.25) is 5.91 Å². The summed E-state index contributed by atoms with van der Waals surface area (Å²) in [5.41, 5.74) is 7.82. The van der Waals surface area contributed by atoms with Crippen molar-refractivity contribution in [2.75, 3.05) is 0 Å². The van der Waals surface area contributed by atoms with Crippen molar-refractivity contribution in [1.29, 1.82) is 0 Å². The summed E-state index contributed by atoms with van der Waals surface area (Å²) in [7, 11) is 0. The van der Waals surface area contributed by atoms with Crippen LogP contribution >= 0.6 is 0 Å². The molecule has 3 aromatic carbocycles. The van der Waals surface area contributed by atoms with Gasteiger partial charge in [-0.05, 0) is 90.1 Å². The second-order valence-electron chi connectivity index (χ2n) is 11.7. The Hall–Kier alpha value is -4.45. The van der Waals surface area contributed by atoms with Crippen molar-refractivity contribution in [3.63, 3.8) is 0 Å². The average Bonchev–Trinajstić information content (AvgIpc) is 3.67. The van der Waals surface area contributed by atoms with Gasteiger partial charge in [-0.1, -0.05) is 61.0 Å². The molecule has 6 heteroatoms. The number of halogens is 1. The third-order valence-electron chi connectivity index (χ3n) is 9.31. The van der Waals surface area contributed by atoms with Gasteiger partial charge >= 0.3 is 0 Å². The Balaban J connectivity index is 1.13. The predicted octanol–water partition coefficient (Wildman–Crippen LogP) is 7.34. The number of para-hydroxylation sites is 1. The zero-order valence-electron chi connectivity index (χ0n) is 23.1. The highest BCUT2D eigenvalue weighted by molar-refractivity contribution is 5.89. The molecule has 2 heterocycles. The van der Waals surface area contributed by atoms with Crippen molar-refractivity contribution in [2.24, 2.45) is 11.3 Å². The highest BCUT2D eigenvalue weighted by Gasteiger charge is 2.46. The first-order chi connectivity index (χ1) is 20.0. The van der Waals surface area contributed by atoms with Crippen molar-refractivity contribution < 1.29 is 9.18 Å². The van der Waals surface area contributed by atoms with E-state index in [1.54, 1.807) is 12.1 Å². The van der Waals surface area contributed by atoms with E-state index in [0.717, 1.165) is 59.1 Å². The fourth-order valence-electron chi connectivity index (χ4n) is 7.04. The lowest BCUT2D eigenvalue weighted by atomic mass is 9.68. The number of amides is 1. The fourth-order valence-corrected chi connectivity index (χ4v) is 7.04. The van der Waals surface area contributed by atoms with E-state index in [1.165, 1.54) is 23.3 Å². The maximum absolute atomic E-state index is 13.5. The molecule has 7 rings (SSSR count). The summed E-state index contributed by atoms with van der Waals surface area (Å²) < 4.78 is 15.5. The SMILES string of the molecule is CC12Cc3cnn(-c4ccc(F)cc4)c3C=C1CCC2CC(NC(=O)Cc1c[nH]c2ccccc12)c1ccccc1. The lowest BCUT2D eigenvalue weighted by Gasteiger charge is -2.37. The van der Waals surface area contributed by atoms with E-state index in [1.807, 2.05) is 53.5 Å². The highest BCUT2D eigenvalue weighted by atomic mass is 19.1. The van der Waals surface area contributed by atoms with E-state index in [0.29, 0.717) is 12.3 Å². The molecule has 1 saturated carbocycles. The number of carbonyl (C=O) groups is 1. The smallest absolute Gasteiger partial charge is 0.224 e. The first-order valence-corrected chi connectivity index (χ1v) is 14.4. The summed E-state index contributed by atoms with van der Waals surface area (Å²) in [6, 6.07) is 24.9. The molecule has 3 unspecified atom stereocenters. The van der Waals surface area contributed by atoms with Gasteiger partial charge in [0.1, 0.15) is 5.82 Å². The maximum Gasteiger partial charge on any atom is 0.224 e. The van der Waals surface area contributed by atoms with Gasteiger partial charge in [-0.15, -0.1) is 0 Å². The van der Waals surface area contributed by atoms with E-state index in [4.69, 9.17) is 0 Å². The van der Waals surface area contributed by atoms with Gasteiger partial charge in [0, 0.05) is 17.1 Å². The van der Waals surface area contributed by atoms with Gasteiger partial charge in [0.05, 0.1) is 30.0 Å². The second kappa shape index (κ2) is 10.2. The Kier molecular flexibility index (Phi) is 6.34. The zero-order valence-corrected chi connectivity index (χ0v) is 23.1. The van der Waals surface area contributed by atoms with Crippen LogP contribution in [0.15, 0.2) is 96.8 Å². The van der Waals surface area contributed by atoms with Crippen LogP contribution in [0.4, 0.5) is 4.39 Å². The number of hydrogen-bond acceptors (Lipinski definition) is 2. The molecular weight excluding hydrogens is 511 g/mol. The van der Waals surface area contributed by atoms with Crippen molar-refractivity contribution in [3.8, 4) is 5.69 Å². The lowest BCUT2D eigenvalue weighted by molar-refractivity contribution is -0.121.